The lowest BCUT2D eigenvalue weighted by molar-refractivity contribution is -0.128. The third-order valence-corrected chi connectivity index (χ3v) is 8.83. The zero-order chi connectivity index (χ0) is 35.5. The fourth-order valence-electron chi connectivity index (χ4n) is 6.23. The fraction of sp³-hybridized carbons (Fsp3) is 0.220. The molecule has 2 atom stereocenters. The van der Waals surface area contributed by atoms with Gasteiger partial charge in [0.05, 0.1) is 13.7 Å². The maximum atomic E-state index is 14.8. The Kier molecular flexibility index (Phi) is 11.3. The van der Waals surface area contributed by atoms with Gasteiger partial charge in [0.25, 0.3) is 5.91 Å². The molecule has 258 valence electrons. The number of aliphatic hydroxyl groups is 1. The molecule has 0 unspecified atom stereocenters. The Bertz CT molecular complexity index is 2010. The second kappa shape index (κ2) is 16.5. The standard InChI is InChI=1S/C41H39N5O5/c1-49-37-15-8-6-12-31(37)24-25-43-40(48)41(28-34-13-5-7-14-36(34)45-46-42)38(32-18-16-30(17-19-32)29-10-3-2-4-11-29)51-39(44-41)33-20-22-35(23-21-33)50-27-9-26-47/h2-8,10-23,38,47H,9,24-28H2,1H3,(H,43,48)/t38-,41-/m1/s1. The van der Waals surface area contributed by atoms with Crippen LogP contribution in [0.3, 0.4) is 0 Å². The minimum atomic E-state index is -1.48. The third kappa shape index (κ3) is 8.05. The molecule has 1 aliphatic heterocycles. The first kappa shape index (κ1) is 34.8. The predicted molar refractivity (Wildman–Crippen MR) is 197 cm³/mol. The third-order valence-electron chi connectivity index (χ3n) is 8.83. The highest BCUT2D eigenvalue weighted by Gasteiger charge is 2.53. The number of nitrogens with one attached hydrogen (secondary N) is 1. The van der Waals surface area contributed by atoms with Gasteiger partial charge in [-0.05, 0) is 70.1 Å². The van der Waals surface area contributed by atoms with Crippen LogP contribution in [-0.2, 0) is 22.4 Å². The van der Waals surface area contributed by atoms with Gasteiger partial charge in [-0.15, -0.1) is 0 Å². The molecule has 1 heterocycles. The Morgan fingerprint density at radius 2 is 1.55 bits per heavy atom. The van der Waals surface area contributed by atoms with Crippen molar-refractivity contribution in [1.29, 1.82) is 0 Å². The summed E-state index contributed by atoms with van der Waals surface area (Å²) >= 11 is 0. The summed E-state index contributed by atoms with van der Waals surface area (Å²) in [5.74, 6) is 1.36. The largest absolute Gasteiger partial charge is 0.496 e. The first-order chi connectivity index (χ1) is 25.0. The molecule has 0 radical (unpaired) electrons. The number of rotatable bonds is 15. The number of amides is 1. The topological polar surface area (TPSA) is 138 Å². The number of methoxy groups -OCH3 is 1. The number of hydrogen-bond donors (Lipinski definition) is 2. The highest BCUT2D eigenvalue weighted by Crippen LogP contribution is 2.44. The molecule has 2 N–H and O–H groups in total. The molecule has 0 bridgehead atoms. The molecule has 10 heteroatoms. The maximum absolute atomic E-state index is 14.8. The molecule has 6 rings (SSSR count). The molecule has 0 aliphatic carbocycles. The zero-order valence-corrected chi connectivity index (χ0v) is 28.3. The molecule has 0 saturated carbocycles. The van der Waals surface area contributed by atoms with Crippen molar-refractivity contribution in [1.82, 2.24) is 5.32 Å². The summed E-state index contributed by atoms with van der Waals surface area (Å²) in [6, 6.07) is 40.3. The number of hydrogen-bond acceptors (Lipinski definition) is 7. The van der Waals surface area contributed by atoms with Crippen LogP contribution in [-0.4, -0.2) is 49.3 Å². The number of carbonyl (C=O) groups is 1. The normalized spacial score (nSPS) is 16.4. The maximum Gasteiger partial charge on any atom is 0.252 e. The van der Waals surface area contributed by atoms with Crippen molar-refractivity contribution < 1.29 is 24.1 Å². The first-order valence-corrected chi connectivity index (χ1v) is 16.8. The number of aliphatic imine (C=N–C) groups is 1. The lowest BCUT2D eigenvalue weighted by atomic mass is 9.81. The highest BCUT2D eigenvalue weighted by atomic mass is 16.5. The lowest BCUT2D eigenvalue weighted by Gasteiger charge is -2.31. The van der Waals surface area contributed by atoms with E-state index in [4.69, 9.17) is 24.3 Å². The molecule has 51 heavy (non-hydrogen) atoms. The summed E-state index contributed by atoms with van der Waals surface area (Å²) in [5, 5.41) is 16.2. The fourth-order valence-corrected chi connectivity index (χ4v) is 6.23. The summed E-state index contributed by atoms with van der Waals surface area (Å²) in [6.07, 6.45) is 0.323. The smallest absolute Gasteiger partial charge is 0.252 e. The van der Waals surface area contributed by atoms with Gasteiger partial charge in [-0.1, -0.05) is 102 Å². The van der Waals surface area contributed by atoms with E-state index in [2.05, 4.69) is 15.3 Å². The monoisotopic (exact) mass is 681 g/mol. The van der Waals surface area contributed by atoms with Gasteiger partial charge in [0, 0.05) is 42.2 Å². The average Bonchev–Trinajstić information content (AvgIpc) is 3.57. The van der Waals surface area contributed by atoms with Crippen molar-refractivity contribution in [3.8, 4) is 22.6 Å². The van der Waals surface area contributed by atoms with E-state index >= 15 is 0 Å². The van der Waals surface area contributed by atoms with Crippen LogP contribution < -0.4 is 14.8 Å². The van der Waals surface area contributed by atoms with E-state index in [9.17, 15) is 10.3 Å². The van der Waals surface area contributed by atoms with Crippen LogP contribution in [0, 0.1) is 0 Å². The Morgan fingerprint density at radius 1 is 0.882 bits per heavy atom. The number of benzene rings is 5. The van der Waals surface area contributed by atoms with Crippen LogP contribution in [0.5, 0.6) is 11.5 Å². The Balaban J connectivity index is 1.41. The molecule has 0 saturated heterocycles. The number of para-hydroxylation sites is 1. The van der Waals surface area contributed by atoms with E-state index in [1.165, 1.54) is 0 Å². The SMILES string of the molecule is COc1ccccc1CCNC(=O)[C@]1(Cc2ccccc2N=[N+]=[N-])N=C(c2ccc(OCCCO)cc2)O[C@@H]1c1ccc(-c2ccccc2)cc1. The number of ether oxygens (including phenoxy) is 3. The van der Waals surface area contributed by atoms with Crippen molar-refractivity contribution in [2.24, 2.45) is 10.1 Å². The van der Waals surface area contributed by atoms with Gasteiger partial charge in [-0.25, -0.2) is 4.99 Å². The number of azide groups is 1. The molecule has 0 fully saturated rings. The number of carbonyl (C=O) groups excluding carboxylic acids is 1. The van der Waals surface area contributed by atoms with Gasteiger partial charge in [0.15, 0.2) is 11.6 Å². The molecule has 5 aromatic rings. The average molecular weight is 682 g/mol. The van der Waals surface area contributed by atoms with Crippen LogP contribution in [0.4, 0.5) is 5.69 Å². The van der Waals surface area contributed by atoms with Gasteiger partial charge >= 0.3 is 0 Å². The summed E-state index contributed by atoms with van der Waals surface area (Å²) in [4.78, 5) is 22.9. The second-order valence-electron chi connectivity index (χ2n) is 12.1. The van der Waals surface area contributed by atoms with E-state index in [0.717, 1.165) is 28.0 Å². The second-order valence-corrected chi connectivity index (χ2v) is 12.1. The highest BCUT2D eigenvalue weighted by molar-refractivity contribution is 6.01. The molecule has 1 aliphatic rings. The van der Waals surface area contributed by atoms with E-state index in [-0.39, 0.29) is 18.9 Å². The number of aliphatic hydroxyl groups excluding tert-OH is 1. The van der Waals surface area contributed by atoms with E-state index in [1.54, 1.807) is 19.2 Å². The molecular formula is C41H39N5O5. The lowest BCUT2D eigenvalue weighted by Crippen LogP contribution is -2.50. The van der Waals surface area contributed by atoms with Crippen LogP contribution in [0.25, 0.3) is 21.6 Å². The minimum Gasteiger partial charge on any atom is -0.496 e. The molecule has 10 nitrogen and oxygen atoms in total. The van der Waals surface area contributed by atoms with Crippen LogP contribution >= 0.6 is 0 Å². The predicted octanol–water partition coefficient (Wildman–Crippen LogP) is 7.92. The Morgan fingerprint density at radius 3 is 2.27 bits per heavy atom. The van der Waals surface area contributed by atoms with Gasteiger partial charge in [-0.2, -0.15) is 0 Å². The molecule has 1 amide bonds. The minimum absolute atomic E-state index is 0.0439. The zero-order valence-electron chi connectivity index (χ0n) is 28.3. The van der Waals surface area contributed by atoms with Crippen molar-refractivity contribution >= 4 is 17.5 Å². The summed E-state index contributed by atoms with van der Waals surface area (Å²) in [5.41, 5.74) is 13.4. The van der Waals surface area contributed by atoms with Crippen molar-refractivity contribution in [3.05, 3.63) is 160 Å². The molecule has 0 aromatic heterocycles. The summed E-state index contributed by atoms with van der Waals surface area (Å²) in [7, 11) is 1.63. The van der Waals surface area contributed by atoms with Gasteiger partial charge in [-0.3, -0.25) is 4.79 Å². The van der Waals surface area contributed by atoms with E-state index in [1.807, 2.05) is 115 Å². The quantitative estimate of drug-likeness (QED) is 0.0500. The molecule has 5 aromatic carbocycles. The molecular weight excluding hydrogens is 642 g/mol. The van der Waals surface area contributed by atoms with Crippen molar-refractivity contribution in [2.75, 3.05) is 26.9 Å². The Labute approximate surface area is 297 Å². The Hall–Kier alpha value is -6.09. The summed E-state index contributed by atoms with van der Waals surface area (Å²) < 4.78 is 18.0. The van der Waals surface area contributed by atoms with E-state index < -0.39 is 11.6 Å². The van der Waals surface area contributed by atoms with Gasteiger partial charge in [0.2, 0.25) is 5.90 Å². The van der Waals surface area contributed by atoms with Crippen molar-refractivity contribution in [3.63, 3.8) is 0 Å². The van der Waals surface area contributed by atoms with Gasteiger partial charge in [0.1, 0.15) is 11.5 Å². The molecule has 0 spiro atoms. The van der Waals surface area contributed by atoms with Crippen LogP contribution in [0.1, 0.15) is 34.8 Å². The first-order valence-electron chi connectivity index (χ1n) is 16.8. The summed E-state index contributed by atoms with van der Waals surface area (Å²) in [6.45, 7) is 0.753. The van der Waals surface area contributed by atoms with Gasteiger partial charge < -0.3 is 24.6 Å². The van der Waals surface area contributed by atoms with E-state index in [0.29, 0.717) is 54.5 Å². The van der Waals surface area contributed by atoms with Crippen molar-refractivity contribution in [2.45, 2.75) is 30.9 Å². The van der Waals surface area contributed by atoms with Crippen LogP contribution in [0.15, 0.2) is 138 Å². The number of nitrogens with zero attached hydrogens (tertiary/aromatic N) is 4. The van der Waals surface area contributed by atoms with Crippen LogP contribution in [0.2, 0.25) is 0 Å².